The molecule has 0 aliphatic carbocycles. The summed E-state index contributed by atoms with van der Waals surface area (Å²) < 4.78 is 9.08. The molecule has 4 heterocycles. The highest BCUT2D eigenvalue weighted by atomic mass is 35.5. The molecule has 0 aliphatic rings. The van der Waals surface area contributed by atoms with Crippen LogP contribution in [0.5, 0.6) is 0 Å². The maximum absolute atomic E-state index is 5.64. The van der Waals surface area contributed by atoms with Crippen LogP contribution >= 0.6 is 57.6 Å². The summed E-state index contributed by atoms with van der Waals surface area (Å²) in [7, 11) is 0. The van der Waals surface area contributed by atoms with E-state index in [2.05, 4.69) is 23.7 Å². The molecule has 0 radical (unpaired) electrons. The molecule has 5 nitrogen and oxygen atoms in total. The fraction of sp³-hybridized carbons (Fsp3) is 0. The van der Waals surface area contributed by atoms with Gasteiger partial charge >= 0.3 is 0 Å². The predicted molar refractivity (Wildman–Crippen MR) is 96.4 cm³/mol. The molecule has 10 heteroatoms. The van der Waals surface area contributed by atoms with Gasteiger partial charge in [-0.2, -0.15) is 8.75 Å². The smallest absolute Gasteiger partial charge is 0.203 e. The van der Waals surface area contributed by atoms with E-state index >= 15 is 0 Å². The SMILES string of the molecule is Clc1nc(-c2cccs2)ns1.Clc1nc(-c2ccncc2)ns1. The van der Waals surface area contributed by atoms with Gasteiger partial charge in [0.05, 0.1) is 4.88 Å². The van der Waals surface area contributed by atoms with Gasteiger partial charge in [0.15, 0.2) is 11.6 Å². The van der Waals surface area contributed by atoms with Gasteiger partial charge in [-0.25, -0.2) is 9.97 Å². The van der Waals surface area contributed by atoms with Gasteiger partial charge in [0.25, 0.3) is 0 Å². The van der Waals surface area contributed by atoms with E-state index < -0.39 is 0 Å². The van der Waals surface area contributed by atoms with Gasteiger partial charge in [0.2, 0.25) is 8.93 Å². The molecule has 0 saturated heterocycles. The van der Waals surface area contributed by atoms with Crippen molar-refractivity contribution in [3.05, 3.63) is 51.0 Å². The second-order valence-electron chi connectivity index (χ2n) is 3.96. The fourth-order valence-electron chi connectivity index (χ4n) is 1.53. The zero-order chi connectivity index (χ0) is 16.1. The van der Waals surface area contributed by atoms with Crippen molar-refractivity contribution >= 4 is 57.6 Å². The van der Waals surface area contributed by atoms with Crippen LogP contribution in [0.2, 0.25) is 8.93 Å². The Labute approximate surface area is 154 Å². The quantitative estimate of drug-likeness (QED) is 0.464. The predicted octanol–water partition coefficient (Wildman–Crippen LogP) is 5.17. The molecular formula is C13H7Cl2N5S3. The minimum absolute atomic E-state index is 0.460. The number of rotatable bonds is 2. The summed E-state index contributed by atoms with van der Waals surface area (Å²) in [5, 5.41) is 1.99. The number of aromatic nitrogens is 5. The van der Waals surface area contributed by atoms with E-state index in [0.29, 0.717) is 14.8 Å². The zero-order valence-electron chi connectivity index (χ0n) is 11.3. The highest BCUT2D eigenvalue weighted by Gasteiger charge is 2.04. The van der Waals surface area contributed by atoms with E-state index in [0.717, 1.165) is 16.3 Å². The molecule has 4 aromatic rings. The van der Waals surface area contributed by atoms with Gasteiger partial charge in [0, 0.05) is 18.0 Å². The van der Waals surface area contributed by atoms with Crippen LogP contribution in [-0.4, -0.2) is 23.7 Å². The minimum Gasteiger partial charge on any atom is -0.265 e. The molecule has 4 aromatic heterocycles. The first-order valence-corrected chi connectivity index (χ1v) is 9.33. The average Bonchev–Trinajstić information content (AvgIpc) is 3.30. The Morgan fingerprint density at radius 1 is 0.826 bits per heavy atom. The molecule has 116 valence electrons. The van der Waals surface area contributed by atoms with Crippen molar-refractivity contribution < 1.29 is 0 Å². The number of hydrogen-bond acceptors (Lipinski definition) is 8. The van der Waals surface area contributed by atoms with E-state index in [1.807, 2.05) is 29.6 Å². The van der Waals surface area contributed by atoms with Crippen LogP contribution in [0.1, 0.15) is 0 Å². The lowest BCUT2D eigenvalue weighted by Gasteiger charge is -1.90. The second-order valence-corrected chi connectivity index (χ2v) is 7.57. The number of nitrogens with zero attached hydrogens (tertiary/aromatic N) is 5. The monoisotopic (exact) mass is 399 g/mol. The van der Waals surface area contributed by atoms with Crippen LogP contribution in [-0.2, 0) is 0 Å². The standard InChI is InChI=1S/C7H4ClN3S.C6H3ClN2S2/c8-7-10-6(11-12-7)5-1-3-9-4-2-5;7-6-8-5(9-11-6)4-2-1-3-10-4/h1-4H;1-3H. The van der Waals surface area contributed by atoms with Crippen LogP contribution in [0.4, 0.5) is 0 Å². The van der Waals surface area contributed by atoms with Crippen LogP contribution in [0, 0.1) is 0 Å². The molecule has 0 unspecified atom stereocenters. The van der Waals surface area contributed by atoms with Gasteiger partial charge in [0.1, 0.15) is 0 Å². The maximum Gasteiger partial charge on any atom is 0.203 e. The minimum atomic E-state index is 0.460. The maximum atomic E-state index is 5.64. The molecule has 0 atom stereocenters. The summed E-state index contributed by atoms with van der Waals surface area (Å²) in [5.41, 5.74) is 0.938. The van der Waals surface area contributed by atoms with Gasteiger partial charge in [-0.05, 0) is 69.8 Å². The first-order chi connectivity index (χ1) is 11.2. The Hall–Kier alpha value is -1.45. The first kappa shape index (κ1) is 16.4. The van der Waals surface area contributed by atoms with Crippen LogP contribution < -0.4 is 0 Å². The normalized spacial score (nSPS) is 10.2. The lowest BCUT2D eigenvalue weighted by Crippen LogP contribution is -1.79. The van der Waals surface area contributed by atoms with Crippen molar-refractivity contribution in [3.8, 4) is 22.1 Å². The second kappa shape index (κ2) is 7.89. The van der Waals surface area contributed by atoms with Crippen molar-refractivity contribution in [1.82, 2.24) is 23.7 Å². The van der Waals surface area contributed by atoms with E-state index in [1.54, 1.807) is 23.7 Å². The van der Waals surface area contributed by atoms with Gasteiger partial charge < -0.3 is 0 Å². The van der Waals surface area contributed by atoms with E-state index in [-0.39, 0.29) is 0 Å². The Kier molecular flexibility index (Phi) is 5.63. The van der Waals surface area contributed by atoms with Crippen LogP contribution in [0.25, 0.3) is 22.1 Å². The fourth-order valence-corrected chi connectivity index (χ4v) is 3.48. The number of thiophene rings is 1. The largest absolute Gasteiger partial charge is 0.265 e. The van der Waals surface area contributed by atoms with E-state index in [1.165, 1.54) is 23.1 Å². The molecular weight excluding hydrogens is 393 g/mol. The Balaban J connectivity index is 0.000000136. The molecule has 0 saturated carbocycles. The van der Waals surface area contributed by atoms with Crippen LogP contribution in [0.15, 0.2) is 42.0 Å². The molecule has 0 bridgehead atoms. The summed E-state index contributed by atoms with van der Waals surface area (Å²) in [6, 6.07) is 7.63. The number of hydrogen-bond donors (Lipinski definition) is 0. The molecule has 0 fully saturated rings. The molecule has 4 rings (SSSR count). The van der Waals surface area contributed by atoms with Crippen molar-refractivity contribution in [2.45, 2.75) is 0 Å². The molecule has 23 heavy (non-hydrogen) atoms. The average molecular weight is 400 g/mol. The summed E-state index contributed by atoms with van der Waals surface area (Å²) >= 11 is 15.3. The summed E-state index contributed by atoms with van der Waals surface area (Å²) in [5.74, 6) is 1.39. The summed E-state index contributed by atoms with van der Waals surface area (Å²) in [6.45, 7) is 0. The number of pyridine rings is 1. The highest BCUT2D eigenvalue weighted by Crippen LogP contribution is 2.24. The molecule has 0 spiro atoms. The molecule has 0 N–H and O–H groups in total. The Morgan fingerprint density at radius 2 is 1.48 bits per heavy atom. The third-order valence-corrected chi connectivity index (χ3v) is 4.94. The lowest BCUT2D eigenvalue weighted by molar-refractivity contribution is 1.28. The van der Waals surface area contributed by atoms with Crippen molar-refractivity contribution in [2.24, 2.45) is 0 Å². The molecule has 0 aliphatic heterocycles. The topological polar surface area (TPSA) is 64.5 Å². The summed E-state index contributed by atoms with van der Waals surface area (Å²) in [4.78, 5) is 13.0. The Morgan fingerprint density at radius 3 is 2.00 bits per heavy atom. The van der Waals surface area contributed by atoms with Crippen molar-refractivity contribution in [1.29, 1.82) is 0 Å². The first-order valence-electron chi connectivity index (χ1n) is 6.15. The van der Waals surface area contributed by atoms with Crippen molar-refractivity contribution in [3.63, 3.8) is 0 Å². The van der Waals surface area contributed by atoms with Gasteiger partial charge in [-0.15, -0.1) is 11.3 Å². The van der Waals surface area contributed by atoms with Crippen molar-refractivity contribution in [2.75, 3.05) is 0 Å². The molecule has 0 amide bonds. The summed E-state index contributed by atoms with van der Waals surface area (Å²) in [6.07, 6.45) is 3.40. The van der Waals surface area contributed by atoms with Crippen LogP contribution in [0.3, 0.4) is 0 Å². The zero-order valence-corrected chi connectivity index (χ0v) is 15.2. The van der Waals surface area contributed by atoms with E-state index in [9.17, 15) is 0 Å². The Bertz CT molecular complexity index is 861. The third kappa shape index (κ3) is 4.52. The molecule has 0 aromatic carbocycles. The van der Waals surface area contributed by atoms with E-state index in [4.69, 9.17) is 23.2 Å². The third-order valence-electron chi connectivity index (χ3n) is 2.48. The lowest BCUT2D eigenvalue weighted by atomic mass is 10.3. The van der Waals surface area contributed by atoms with Gasteiger partial charge in [-0.1, -0.05) is 6.07 Å². The highest BCUT2D eigenvalue weighted by molar-refractivity contribution is 7.14. The van der Waals surface area contributed by atoms with Gasteiger partial charge in [-0.3, -0.25) is 4.98 Å². The number of halogens is 2.